The molecule has 1 aliphatic rings. The van der Waals surface area contributed by atoms with Crippen LogP contribution in [0.1, 0.15) is 60.8 Å². The van der Waals surface area contributed by atoms with Crippen molar-refractivity contribution in [1.82, 2.24) is 15.5 Å². The SMILES string of the molecule is Cc1cc(C(=O)NC2CCCC2CN)c2c(C(C)C)noc2n1.Cl. The first-order chi connectivity index (χ1) is 11.0. The van der Waals surface area contributed by atoms with Gasteiger partial charge >= 0.3 is 0 Å². The van der Waals surface area contributed by atoms with Crippen molar-refractivity contribution in [3.63, 3.8) is 0 Å². The molecular formula is C17H25ClN4O2. The van der Waals surface area contributed by atoms with E-state index in [9.17, 15) is 4.79 Å². The number of hydrogen-bond acceptors (Lipinski definition) is 5. The van der Waals surface area contributed by atoms with Crippen molar-refractivity contribution in [2.24, 2.45) is 11.7 Å². The Labute approximate surface area is 148 Å². The second-order valence-electron chi connectivity index (χ2n) is 6.72. The van der Waals surface area contributed by atoms with Gasteiger partial charge in [-0.05, 0) is 44.2 Å². The van der Waals surface area contributed by atoms with Crippen LogP contribution in [0.25, 0.3) is 11.1 Å². The number of halogens is 1. The molecule has 0 aromatic carbocycles. The Morgan fingerprint density at radius 3 is 2.88 bits per heavy atom. The van der Waals surface area contributed by atoms with Gasteiger partial charge in [0.1, 0.15) is 0 Å². The first kappa shape index (κ1) is 18.7. The summed E-state index contributed by atoms with van der Waals surface area (Å²) in [5.41, 5.74) is 8.37. The molecule has 2 heterocycles. The third-order valence-electron chi connectivity index (χ3n) is 4.67. The number of aromatic nitrogens is 2. The highest BCUT2D eigenvalue weighted by molar-refractivity contribution is 6.06. The van der Waals surface area contributed by atoms with Gasteiger partial charge in [-0.2, -0.15) is 0 Å². The zero-order chi connectivity index (χ0) is 16.6. The van der Waals surface area contributed by atoms with Gasteiger partial charge in [0.25, 0.3) is 11.6 Å². The molecule has 2 aromatic heterocycles. The Bertz CT molecular complexity index is 729. The van der Waals surface area contributed by atoms with E-state index >= 15 is 0 Å². The maximum Gasteiger partial charge on any atom is 0.259 e. The van der Waals surface area contributed by atoms with Gasteiger partial charge in [-0.25, -0.2) is 4.98 Å². The van der Waals surface area contributed by atoms with Crippen molar-refractivity contribution in [2.75, 3.05) is 6.54 Å². The Morgan fingerprint density at radius 2 is 2.21 bits per heavy atom. The molecule has 0 spiro atoms. The average Bonchev–Trinajstić information content (AvgIpc) is 3.12. The van der Waals surface area contributed by atoms with Crippen LogP contribution in [-0.2, 0) is 0 Å². The van der Waals surface area contributed by atoms with Crippen LogP contribution in [-0.4, -0.2) is 28.6 Å². The standard InChI is InChI=1S/C17H24N4O2.ClH/c1-9(2)15-14-12(7-10(3)19-17(14)23-21-15)16(22)20-13-6-4-5-11(13)8-18;/h7,9,11,13H,4-6,8,18H2,1-3H3,(H,20,22);1H. The van der Waals surface area contributed by atoms with Crippen molar-refractivity contribution in [3.8, 4) is 0 Å². The highest BCUT2D eigenvalue weighted by atomic mass is 35.5. The predicted molar refractivity (Wildman–Crippen MR) is 95.5 cm³/mol. The minimum Gasteiger partial charge on any atom is -0.349 e. The number of rotatable bonds is 4. The summed E-state index contributed by atoms with van der Waals surface area (Å²) in [4.78, 5) is 17.2. The number of hydrogen-bond donors (Lipinski definition) is 2. The zero-order valence-electron chi connectivity index (χ0n) is 14.3. The van der Waals surface area contributed by atoms with Gasteiger partial charge in [0.2, 0.25) is 0 Å². The number of amides is 1. The first-order valence-corrected chi connectivity index (χ1v) is 8.29. The largest absolute Gasteiger partial charge is 0.349 e. The van der Waals surface area contributed by atoms with E-state index in [4.69, 9.17) is 10.3 Å². The molecule has 0 radical (unpaired) electrons. The molecule has 2 atom stereocenters. The third kappa shape index (κ3) is 3.39. The zero-order valence-corrected chi connectivity index (χ0v) is 15.2. The van der Waals surface area contributed by atoms with E-state index < -0.39 is 0 Å². The third-order valence-corrected chi connectivity index (χ3v) is 4.67. The van der Waals surface area contributed by atoms with Crippen LogP contribution in [0.3, 0.4) is 0 Å². The van der Waals surface area contributed by atoms with Crippen LogP contribution in [0.4, 0.5) is 0 Å². The van der Waals surface area contributed by atoms with Crippen LogP contribution < -0.4 is 11.1 Å². The Hall–Kier alpha value is -1.66. The second-order valence-corrected chi connectivity index (χ2v) is 6.72. The van der Waals surface area contributed by atoms with Crippen LogP contribution in [0.15, 0.2) is 10.6 Å². The summed E-state index contributed by atoms with van der Waals surface area (Å²) < 4.78 is 5.33. The molecule has 1 aliphatic carbocycles. The van der Waals surface area contributed by atoms with Crippen molar-refractivity contribution < 1.29 is 9.32 Å². The smallest absolute Gasteiger partial charge is 0.259 e. The summed E-state index contributed by atoms with van der Waals surface area (Å²) >= 11 is 0. The molecule has 1 amide bonds. The number of pyridine rings is 1. The summed E-state index contributed by atoms with van der Waals surface area (Å²) in [7, 11) is 0. The lowest BCUT2D eigenvalue weighted by Gasteiger charge is -2.19. The van der Waals surface area contributed by atoms with Crippen LogP contribution >= 0.6 is 12.4 Å². The molecular weight excluding hydrogens is 328 g/mol. The van der Waals surface area contributed by atoms with Crippen molar-refractivity contribution in [3.05, 3.63) is 23.0 Å². The molecule has 0 aliphatic heterocycles. The van der Waals surface area contributed by atoms with Crippen molar-refractivity contribution in [1.29, 1.82) is 0 Å². The highest BCUT2D eigenvalue weighted by Crippen LogP contribution is 2.29. The summed E-state index contributed by atoms with van der Waals surface area (Å²) in [6, 6.07) is 1.96. The molecule has 2 unspecified atom stereocenters. The molecule has 2 aromatic rings. The molecule has 6 nitrogen and oxygen atoms in total. The van der Waals surface area contributed by atoms with E-state index in [1.54, 1.807) is 0 Å². The van der Waals surface area contributed by atoms with Crippen LogP contribution in [0.5, 0.6) is 0 Å². The van der Waals surface area contributed by atoms with E-state index in [1.807, 2.05) is 26.8 Å². The molecule has 1 fully saturated rings. The summed E-state index contributed by atoms with van der Waals surface area (Å²) in [6.07, 6.45) is 3.18. The molecule has 3 N–H and O–H groups in total. The van der Waals surface area contributed by atoms with E-state index in [0.29, 0.717) is 23.7 Å². The van der Waals surface area contributed by atoms with Crippen molar-refractivity contribution in [2.45, 2.75) is 52.0 Å². The van der Waals surface area contributed by atoms with E-state index in [2.05, 4.69) is 15.5 Å². The summed E-state index contributed by atoms with van der Waals surface area (Å²) in [5, 5.41) is 7.99. The summed E-state index contributed by atoms with van der Waals surface area (Å²) in [6.45, 7) is 6.52. The molecule has 7 heteroatoms. The molecule has 132 valence electrons. The number of nitrogens with one attached hydrogen (secondary N) is 1. The predicted octanol–water partition coefficient (Wildman–Crippen LogP) is 2.93. The van der Waals surface area contributed by atoms with Gasteiger partial charge in [0.15, 0.2) is 0 Å². The van der Waals surface area contributed by atoms with Gasteiger partial charge < -0.3 is 15.6 Å². The van der Waals surface area contributed by atoms with Gasteiger partial charge in [-0.15, -0.1) is 12.4 Å². The monoisotopic (exact) mass is 352 g/mol. The molecule has 24 heavy (non-hydrogen) atoms. The highest BCUT2D eigenvalue weighted by Gasteiger charge is 2.29. The normalized spacial score (nSPS) is 20.4. The molecule has 3 rings (SSSR count). The average molecular weight is 353 g/mol. The molecule has 1 saturated carbocycles. The van der Waals surface area contributed by atoms with E-state index in [0.717, 1.165) is 36.0 Å². The number of carbonyl (C=O) groups is 1. The van der Waals surface area contributed by atoms with Crippen molar-refractivity contribution >= 4 is 29.4 Å². The number of fused-ring (bicyclic) bond motifs is 1. The topological polar surface area (TPSA) is 94.0 Å². The van der Waals surface area contributed by atoms with Crippen LogP contribution in [0, 0.1) is 12.8 Å². The lowest BCUT2D eigenvalue weighted by Crippen LogP contribution is -2.40. The van der Waals surface area contributed by atoms with Crippen LogP contribution in [0.2, 0.25) is 0 Å². The fraction of sp³-hybridized carbons (Fsp3) is 0.588. The van der Waals surface area contributed by atoms with Gasteiger partial charge in [-0.3, -0.25) is 4.79 Å². The Morgan fingerprint density at radius 1 is 1.46 bits per heavy atom. The van der Waals surface area contributed by atoms with E-state index in [-0.39, 0.29) is 30.3 Å². The Kier molecular flexibility index (Phi) is 5.83. The number of nitrogens with zero attached hydrogens (tertiary/aromatic N) is 2. The van der Waals surface area contributed by atoms with E-state index in [1.165, 1.54) is 0 Å². The molecule has 0 bridgehead atoms. The second kappa shape index (κ2) is 7.49. The van der Waals surface area contributed by atoms with Gasteiger partial charge in [0.05, 0.1) is 16.6 Å². The minimum atomic E-state index is -0.0871. The maximum atomic E-state index is 12.9. The molecule has 0 saturated heterocycles. The lowest BCUT2D eigenvalue weighted by molar-refractivity contribution is 0.0930. The Balaban J connectivity index is 0.00000208. The number of nitrogens with two attached hydrogens (primary N) is 1. The maximum absolute atomic E-state index is 12.9. The number of aryl methyl sites for hydroxylation is 1. The summed E-state index contributed by atoms with van der Waals surface area (Å²) in [5.74, 6) is 0.441. The number of carbonyl (C=O) groups excluding carboxylic acids is 1. The lowest BCUT2D eigenvalue weighted by atomic mass is 10.0. The quantitative estimate of drug-likeness (QED) is 0.882. The minimum absolute atomic E-state index is 0. The van der Waals surface area contributed by atoms with Gasteiger partial charge in [0, 0.05) is 11.7 Å². The first-order valence-electron chi connectivity index (χ1n) is 8.29. The van der Waals surface area contributed by atoms with Gasteiger partial charge in [-0.1, -0.05) is 25.4 Å². The fourth-order valence-corrected chi connectivity index (χ4v) is 3.42. The fourth-order valence-electron chi connectivity index (χ4n) is 3.42.